The first-order valence-electron chi connectivity index (χ1n) is 6.04. The Hall–Kier alpha value is -2.09. The predicted octanol–water partition coefficient (Wildman–Crippen LogP) is 0.414. The van der Waals surface area contributed by atoms with Gasteiger partial charge < -0.3 is 15.1 Å². The van der Waals surface area contributed by atoms with Crippen LogP contribution in [0.1, 0.15) is 6.42 Å². The van der Waals surface area contributed by atoms with Crippen molar-refractivity contribution in [3.05, 3.63) is 18.2 Å². The summed E-state index contributed by atoms with van der Waals surface area (Å²) in [5.41, 5.74) is 6.77. The summed E-state index contributed by atoms with van der Waals surface area (Å²) in [7, 11) is -2.33. The summed E-state index contributed by atoms with van der Waals surface area (Å²) in [5, 5.41) is -1.54. The summed E-state index contributed by atoms with van der Waals surface area (Å²) < 4.78 is 30.1. The Bertz CT molecular complexity index is 796. The zero-order valence-electron chi connectivity index (χ0n) is 10.7. The van der Waals surface area contributed by atoms with Crippen LogP contribution in [-0.2, 0) is 14.6 Å². The first-order chi connectivity index (χ1) is 9.39. The molecule has 1 amide bonds. The quantitative estimate of drug-likeness (QED) is 0.804. The lowest BCUT2D eigenvalue weighted by atomic mass is 10.3. The number of likely N-dealkylation sites (tertiary alicyclic amines) is 1. The summed E-state index contributed by atoms with van der Waals surface area (Å²) in [6, 6.07) is 4.68. The van der Waals surface area contributed by atoms with Crippen LogP contribution in [0, 0.1) is 0 Å². The zero-order valence-corrected chi connectivity index (χ0v) is 11.6. The van der Waals surface area contributed by atoms with E-state index in [1.165, 1.54) is 11.0 Å². The van der Waals surface area contributed by atoms with Crippen LogP contribution in [0.25, 0.3) is 11.1 Å². The average molecular weight is 295 g/mol. The van der Waals surface area contributed by atoms with E-state index in [4.69, 9.17) is 10.2 Å². The summed E-state index contributed by atoms with van der Waals surface area (Å²) >= 11 is 0. The van der Waals surface area contributed by atoms with Gasteiger partial charge in [0.15, 0.2) is 10.8 Å². The van der Waals surface area contributed by atoms with Crippen LogP contribution < -0.4 is 5.73 Å². The standard InChI is InChI=1S/C12H13N3O4S/c1-15-5-4-10(11(15)16)20(17,18)12-14-8-6-7(13)2-3-9(8)19-12/h2-3,6,10H,4-5,13H2,1H3. The van der Waals surface area contributed by atoms with Crippen molar-refractivity contribution in [2.75, 3.05) is 19.3 Å². The van der Waals surface area contributed by atoms with Gasteiger partial charge in [-0.25, -0.2) is 8.42 Å². The van der Waals surface area contributed by atoms with Gasteiger partial charge in [-0.3, -0.25) is 4.79 Å². The Kier molecular flexibility index (Phi) is 2.72. The largest absolute Gasteiger partial charge is 0.428 e. The van der Waals surface area contributed by atoms with E-state index in [1.54, 1.807) is 19.2 Å². The van der Waals surface area contributed by atoms with Gasteiger partial charge in [0.05, 0.1) is 0 Å². The van der Waals surface area contributed by atoms with E-state index < -0.39 is 26.2 Å². The maximum absolute atomic E-state index is 12.4. The Balaban J connectivity index is 2.07. The highest BCUT2D eigenvalue weighted by molar-refractivity contribution is 7.92. The molecule has 1 aliphatic heterocycles. The van der Waals surface area contributed by atoms with Crippen LogP contribution in [-0.4, -0.2) is 43.1 Å². The number of anilines is 1. The van der Waals surface area contributed by atoms with E-state index in [2.05, 4.69) is 4.98 Å². The van der Waals surface area contributed by atoms with Crippen molar-refractivity contribution in [1.29, 1.82) is 0 Å². The topological polar surface area (TPSA) is 106 Å². The first kappa shape index (κ1) is 12.9. The van der Waals surface area contributed by atoms with Crippen molar-refractivity contribution in [1.82, 2.24) is 9.88 Å². The van der Waals surface area contributed by atoms with E-state index in [0.717, 1.165) is 0 Å². The van der Waals surface area contributed by atoms with Gasteiger partial charge in [-0.2, -0.15) is 4.98 Å². The van der Waals surface area contributed by atoms with Gasteiger partial charge in [-0.05, 0) is 24.6 Å². The number of sulfone groups is 1. The summed E-state index contributed by atoms with van der Waals surface area (Å²) in [6.07, 6.45) is 0.249. The Morgan fingerprint density at radius 3 is 2.85 bits per heavy atom. The van der Waals surface area contributed by atoms with Gasteiger partial charge in [-0.15, -0.1) is 0 Å². The van der Waals surface area contributed by atoms with Crippen LogP contribution in [0.4, 0.5) is 5.69 Å². The third-order valence-electron chi connectivity index (χ3n) is 3.39. The number of hydrogen-bond donors (Lipinski definition) is 1. The molecule has 3 rings (SSSR count). The minimum absolute atomic E-state index is 0.249. The van der Waals surface area contributed by atoms with Crippen molar-refractivity contribution < 1.29 is 17.6 Å². The van der Waals surface area contributed by atoms with Crippen LogP contribution in [0.15, 0.2) is 27.8 Å². The Morgan fingerprint density at radius 2 is 2.20 bits per heavy atom. The highest BCUT2D eigenvalue weighted by Crippen LogP contribution is 2.27. The number of nitrogens with zero attached hydrogens (tertiary/aromatic N) is 2. The van der Waals surface area contributed by atoms with E-state index in [9.17, 15) is 13.2 Å². The number of rotatable bonds is 2. The third kappa shape index (κ3) is 1.83. The van der Waals surface area contributed by atoms with Gasteiger partial charge in [0.2, 0.25) is 15.7 Å². The number of hydrogen-bond acceptors (Lipinski definition) is 6. The molecule has 2 heterocycles. The molecule has 8 heteroatoms. The normalized spacial score (nSPS) is 19.9. The number of aromatic nitrogens is 1. The molecule has 0 bridgehead atoms. The van der Waals surface area contributed by atoms with Gasteiger partial charge in [0.1, 0.15) is 5.52 Å². The first-order valence-corrected chi connectivity index (χ1v) is 7.59. The van der Waals surface area contributed by atoms with Gasteiger partial charge in [0.25, 0.3) is 0 Å². The molecule has 1 aliphatic rings. The fourth-order valence-corrected chi connectivity index (χ4v) is 3.78. The van der Waals surface area contributed by atoms with Crippen LogP contribution in [0.5, 0.6) is 0 Å². The lowest BCUT2D eigenvalue weighted by molar-refractivity contribution is -0.126. The molecule has 106 valence electrons. The average Bonchev–Trinajstić information content (AvgIpc) is 2.94. The van der Waals surface area contributed by atoms with Gasteiger partial charge >= 0.3 is 5.22 Å². The van der Waals surface area contributed by atoms with Crippen molar-refractivity contribution in [2.24, 2.45) is 0 Å². The Morgan fingerprint density at radius 1 is 1.45 bits per heavy atom. The highest BCUT2D eigenvalue weighted by Gasteiger charge is 2.43. The molecule has 0 radical (unpaired) electrons. The summed E-state index contributed by atoms with van der Waals surface area (Å²) in [6.45, 7) is 0.413. The van der Waals surface area contributed by atoms with Crippen molar-refractivity contribution >= 4 is 32.5 Å². The smallest absolute Gasteiger partial charge is 0.316 e. The van der Waals surface area contributed by atoms with Crippen molar-refractivity contribution in [2.45, 2.75) is 16.9 Å². The number of amides is 1. The van der Waals surface area contributed by atoms with Crippen LogP contribution >= 0.6 is 0 Å². The van der Waals surface area contributed by atoms with Crippen molar-refractivity contribution in [3.63, 3.8) is 0 Å². The molecule has 1 aromatic carbocycles. The number of nitrogen functional groups attached to an aromatic ring is 1. The number of carbonyl (C=O) groups excluding carboxylic acids is 1. The number of fused-ring (bicyclic) bond motifs is 1. The van der Waals surface area contributed by atoms with E-state index >= 15 is 0 Å². The molecule has 0 spiro atoms. The fourth-order valence-electron chi connectivity index (χ4n) is 2.24. The van der Waals surface area contributed by atoms with E-state index in [1.807, 2.05) is 0 Å². The maximum atomic E-state index is 12.4. The zero-order chi connectivity index (χ0) is 14.5. The molecule has 0 aliphatic carbocycles. The monoisotopic (exact) mass is 295 g/mol. The molecule has 7 nitrogen and oxygen atoms in total. The molecule has 1 fully saturated rings. The number of oxazole rings is 1. The molecule has 1 aromatic heterocycles. The van der Waals surface area contributed by atoms with Crippen LogP contribution in [0.2, 0.25) is 0 Å². The fraction of sp³-hybridized carbons (Fsp3) is 0.333. The number of benzene rings is 1. The predicted molar refractivity (Wildman–Crippen MR) is 71.6 cm³/mol. The Labute approximate surface area is 115 Å². The second kappa shape index (κ2) is 4.20. The highest BCUT2D eigenvalue weighted by atomic mass is 32.2. The van der Waals surface area contributed by atoms with E-state index in [0.29, 0.717) is 23.3 Å². The number of nitrogens with two attached hydrogens (primary N) is 1. The minimum atomic E-state index is -3.91. The van der Waals surface area contributed by atoms with Crippen molar-refractivity contribution in [3.8, 4) is 0 Å². The molecular formula is C12H13N3O4S. The lowest BCUT2D eigenvalue weighted by Gasteiger charge is -2.08. The lowest BCUT2D eigenvalue weighted by Crippen LogP contribution is -2.31. The minimum Gasteiger partial charge on any atom is -0.428 e. The van der Waals surface area contributed by atoms with Gasteiger partial charge in [-0.1, -0.05) is 0 Å². The summed E-state index contributed by atoms with van der Waals surface area (Å²) in [4.78, 5) is 17.2. The molecule has 0 saturated carbocycles. The second-order valence-electron chi connectivity index (χ2n) is 4.79. The molecule has 1 saturated heterocycles. The molecule has 1 atom stereocenters. The van der Waals surface area contributed by atoms with Crippen LogP contribution in [0.3, 0.4) is 0 Å². The maximum Gasteiger partial charge on any atom is 0.316 e. The number of carbonyl (C=O) groups is 1. The van der Waals surface area contributed by atoms with E-state index in [-0.39, 0.29) is 6.42 Å². The SMILES string of the molecule is CN1CCC(S(=O)(=O)c2nc3cc(N)ccc3o2)C1=O. The molecule has 2 aromatic rings. The molecule has 20 heavy (non-hydrogen) atoms. The van der Waals surface area contributed by atoms with Gasteiger partial charge in [0, 0.05) is 19.3 Å². The molecule has 2 N–H and O–H groups in total. The summed E-state index contributed by atoms with van der Waals surface area (Å²) in [5.74, 6) is -0.424. The second-order valence-corrected chi connectivity index (χ2v) is 6.80. The molecule has 1 unspecified atom stereocenters. The molecular weight excluding hydrogens is 282 g/mol. The third-order valence-corrected chi connectivity index (χ3v) is 5.24.